The van der Waals surface area contributed by atoms with E-state index in [9.17, 15) is 14.4 Å². The van der Waals surface area contributed by atoms with Gasteiger partial charge in [-0.3, -0.25) is 9.59 Å². The molecule has 0 heterocycles. The maximum atomic E-state index is 12.4. The number of carbonyl (C=O) groups is 3. The van der Waals surface area contributed by atoms with Crippen LogP contribution < -0.4 is 20.2 Å². The topological polar surface area (TPSA) is 106 Å². The van der Waals surface area contributed by atoms with Gasteiger partial charge < -0.3 is 14.8 Å². The Morgan fingerprint density at radius 2 is 1.64 bits per heavy atom. The highest BCUT2D eigenvalue weighted by atomic mass is 127. The molecule has 0 aliphatic heterocycles. The molecule has 0 bridgehead atoms. The van der Waals surface area contributed by atoms with Crippen molar-refractivity contribution in [3.63, 3.8) is 0 Å². The molecule has 36 heavy (non-hydrogen) atoms. The zero-order valence-corrected chi connectivity index (χ0v) is 21.9. The van der Waals surface area contributed by atoms with Gasteiger partial charge in [-0.05, 0) is 95.2 Å². The number of benzene rings is 3. The van der Waals surface area contributed by atoms with Gasteiger partial charge in [0.1, 0.15) is 11.5 Å². The largest absolute Gasteiger partial charge is 0.494 e. The number of esters is 1. The summed E-state index contributed by atoms with van der Waals surface area (Å²) in [6.07, 6.45) is 3.48. The quantitative estimate of drug-likeness (QED) is 0.0840. The molecule has 0 unspecified atom stereocenters. The van der Waals surface area contributed by atoms with Crippen molar-refractivity contribution in [3.8, 4) is 11.5 Å². The number of unbranched alkanes of at least 4 members (excludes halogenated alkanes) is 1. The van der Waals surface area contributed by atoms with Crippen molar-refractivity contribution in [3.05, 3.63) is 93.1 Å². The highest BCUT2D eigenvalue weighted by molar-refractivity contribution is 14.1. The maximum absolute atomic E-state index is 12.4. The van der Waals surface area contributed by atoms with E-state index < -0.39 is 11.9 Å². The fraction of sp³-hybridized carbons (Fsp3) is 0.185. The average Bonchev–Trinajstić information content (AvgIpc) is 2.89. The van der Waals surface area contributed by atoms with Crippen molar-refractivity contribution in [1.29, 1.82) is 0 Å². The summed E-state index contributed by atoms with van der Waals surface area (Å²) >= 11 is 2.06. The molecule has 2 amide bonds. The van der Waals surface area contributed by atoms with Gasteiger partial charge in [-0.25, -0.2) is 10.2 Å². The number of halogens is 1. The van der Waals surface area contributed by atoms with Crippen molar-refractivity contribution >= 4 is 46.6 Å². The van der Waals surface area contributed by atoms with E-state index >= 15 is 0 Å². The number of nitrogens with zero attached hydrogens (tertiary/aromatic N) is 1. The van der Waals surface area contributed by atoms with Crippen LogP contribution in [0.2, 0.25) is 0 Å². The Labute approximate surface area is 223 Å². The minimum atomic E-state index is -0.476. The molecule has 0 atom stereocenters. The first-order valence-electron chi connectivity index (χ1n) is 11.4. The van der Waals surface area contributed by atoms with Gasteiger partial charge in [0.25, 0.3) is 11.8 Å². The van der Waals surface area contributed by atoms with E-state index in [0.717, 1.165) is 16.4 Å². The summed E-state index contributed by atoms with van der Waals surface area (Å²) in [6, 6.07) is 20.6. The van der Waals surface area contributed by atoms with Crippen LogP contribution in [0.3, 0.4) is 0 Å². The molecule has 0 aromatic heterocycles. The SMILES string of the molecule is CCCCOc1ccc(C(=O)Oc2ccc(/C=N/NC(=O)CNC(=O)c3ccccc3I)cc2)cc1. The molecule has 2 N–H and O–H groups in total. The van der Waals surface area contributed by atoms with Gasteiger partial charge in [-0.15, -0.1) is 0 Å². The zero-order chi connectivity index (χ0) is 25.8. The lowest BCUT2D eigenvalue weighted by atomic mass is 10.2. The van der Waals surface area contributed by atoms with Crippen molar-refractivity contribution in [2.75, 3.05) is 13.2 Å². The summed E-state index contributed by atoms with van der Waals surface area (Å²) in [5.41, 5.74) is 3.97. The van der Waals surface area contributed by atoms with E-state index in [1.165, 1.54) is 6.21 Å². The smallest absolute Gasteiger partial charge is 0.343 e. The van der Waals surface area contributed by atoms with Crippen LogP contribution >= 0.6 is 22.6 Å². The highest BCUT2D eigenvalue weighted by Crippen LogP contribution is 2.17. The van der Waals surface area contributed by atoms with Crippen molar-refractivity contribution in [2.45, 2.75) is 19.8 Å². The van der Waals surface area contributed by atoms with E-state index in [1.807, 2.05) is 12.1 Å². The molecule has 0 fully saturated rings. The molecule has 3 aromatic carbocycles. The van der Waals surface area contributed by atoms with Crippen LogP contribution in [0.15, 0.2) is 77.9 Å². The molecule has 0 spiro atoms. The van der Waals surface area contributed by atoms with Crippen LogP contribution in [-0.2, 0) is 4.79 Å². The number of nitrogens with one attached hydrogen (secondary N) is 2. The van der Waals surface area contributed by atoms with Crippen LogP contribution in [0, 0.1) is 3.57 Å². The first-order chi connectivity index (χ1) is 17.5. The molecule has 0 aliphatic carbocycles. The van der Waals surface area contributed by atoms with Gasteiger partial charge in [-0.2, -0.15) is 5.10 Å². The summed E-state index contributed by atoms with van der Waals surface area (Å²) in [5.74, 6) is -0.179. The molecule has 0 saturated carbocycles. The Bertz CT molecular complexity index is 1210. The third kappa shape index (κ3) is 8.49. The Morgan fingerprint density at radius 1 is 0.944 bits per heavy atom. The lowest BCUT2D eigenvalue weighted by Crippen LogP contribution is -2.35. The molecule has 3 aromatic rings. The minimum absolute atomic E-state index is 0.206. The monoisotopic (exact) mass is 599 g/mol. The fourth-order valence-electron chi connectivity index (χ4n) is 2.93. The number of amides is 2. The molecule has 0 aliphatic rings. The normalized spacial score (nSPS) is 10.6. The van der Waals surface area contributed by atoms with Crippen molar-refractivity contribution in [1.82, 2.24) is 10.7 Å². The van der Waals surface area contributed by atoms with Gasteiger partial charge in [0, 0.05) is 3.57 Å². The molecule has 0 radical (unpaired) electrons. The number of hydrogen-bond acceptors (Lipinski definition) is 6. The van der Waals surface area contributed by atoms with Crippen LogP contribution in [-0.4, -0.2) is 37.1 Å². The van der Waals surface area contributed by atoms with Gasteiger partial charge in [0.15, 0.2) is 0 Å². The number of rotatable bonds is 11. The highest BCUT2D eigenvalue weighted by Gasteiger charge is 2.11. The predicted octanol–water partition coefficient (Wildman–Crippen LogP) is 4.57. The molecular weight excluding hydrogens is 573 g/mol. The Kier molecular flexibility index (Phi) is 10.4. The summed E-state index contributed by atoms with van der Waals surface area (Å²) < 4.78 is 11.8. The summed E-state index contributed by atoms with van der Waals surface area (Å²) in [6.45, 7) is 2.53. The molecule has 8 nitrogen and oxygen atoms in total. The predicted molar refractivity (Wildman–Crippen MR) is 145 cm³/mol. The average molecular weight is 599 g/mol. The van der Waals surface area contributed by atoms with E-state index in [2.05, 4.69) is 45.4 Å². The third-order valence-corrected chi connectivity index (χ3v) is 5.82. The van der Waals surface area contributed by atoms with Crippen molar-refractivity contribution < 1.29 is 23.9 Å². The summed E-state index contributed by atoms with van der Waals surface area (Å²) in [5, 5.41) is 6.44. The fourth-order valence-corrected chi connectivity index (χ4v) is 3.56. The zero-order valence-electron chi connectivity index (χ0n) is 19.7. The van der Waals surface area contributed by atoms with E-state index in [1.54, 1.807) is 60.7 Å². The number of hydrogen-bond donors (Lipinski definition) is 2. The Balaban J connectivity index is 1.43. The summed E-state index contributed by atoms with van der Waals surface area (Å²) in [4.78, 5) is 36.5. The van der Waals surface area contributed by atoms with Crippen LogP contribution in [0.5, 0.6) is 11.5 Å². The molecular formula is C27H26IN3O5. The van der Waals surface area contributed by atoms with Crippen molar-refractivity contribution in [2.24, 2.45) is 5.10 Å². The minimum Gasteiger partial charge on any atom is -0.494 e. The molecule has 3 rings (SSSR count). The van der Waals surface area contributed by atoms with Crippen LogP contribution in [0.25, 0.3) is 0 Å². The number of carbonyl (C=O) groups excluding carboxylic acids is 3. The molecule has 186 valence electrons. The number of ether oxygens (including phenoxy) is 2. The Hall–Kier alpha value is -3.73. The maximum Gasteiger partial charge on any atom is 0.343 e. The molecule has 9 heteroatoms. The summed E-state index contributed by atoms with van der Waals surface area (Å²) in [7, 11) is 0. The second-order valence-electron chi connectivity index (χ2n) is 7.64. The van der Waals surface area contributed by atoms with Gasteiger partial charge in [0.05, 0.1) is 30.5 Å². The van der Waals surface area contributed by atoms with Gasteiger partial charge >= 0.3 is 5.97 Å². The first kappa shape index (κ1) is 26.9. The lowest BCUT2D eigenvalue weighted by molar-refractivity contribution is -0.120. The van der Waals surface area contributed by atoms with E-state index in [4.69, 9.17) is 9.47 Å². The standard InChI is InChI=1S/C27H26IN3O5/c1-2-3-16-35-21-14-10-20(11-15-21)27(34)36-22-12-8-19(9-13-22)17-30-31-25(32)18-29-26(33)23-6-4-5-7-24(23)28/h4-15,17H,2-3,16,18H2,1H3,(H,29,33)(H,31,32)/b30-17+. The molecule has 0 saturated heterocycles. The van der Waals surface area contributed by atoms with E-state index in [0.29, 0.717) is 34.8 Å². The lowest BCUT2D eigenvalue weighted by Gasteiger charge is -2.07. The second-order valence-corrected chi connectivity index (χ2v) is 8.80. The van der Waals surface area contributed by atoms with Gasteiger partial charge in [-0.1, -0.05) is 25.5 Å². The second kappa shape index (κ2) is 14.0. The number of hydrazone groups is 1. The first-order valence-corrected chi connectivity index (χ1v) is 12.4. The third-order valence-electron chi connectivity index (χ3n) is 4.88. The van der Waals surface area contributed by atoms with Crippen LogP contribution in [0.1, 0.15) is 46.0 Å². The van der Waals surface area contributed by atoms with Crippen LogP contribution in [0.4, 0.5) is 0 Å². The Morgan fingerprint density at radius 3 is 2.33 bits per heavy atom. The van der Waals surface area contributed by atoms with Gasteiger partial charge in [0.2, 0.25) is 0 Å². The van der Waals surface area contributed by atoms with E-state index in [-0.39, 0.29) is 12.5 Å².